The van der Waals surface area contributed by atoms with Crippen LogP contribution in [0.2, 0.25) is 0 Å². The van der Waals surface area contributed by atoms with E-state index in [1.807, 2.05) is 0 Å². The minimum Gasteiger partial charge on any atom is -0.465 e. The first-order valence-corrected chi connectivity index (χ1v) is 4.43. The molecule has 2 unspecified atom stereocenters. The Bertz CT molecular complexity index is 254. The van der Waals surface area contributed by atoms with E-state index in [4.69, 9.17) is 5.11 Å². The average molecular weight is 184 g/mol. The third kappa shape index (κ3) is 1.39. The van der Waals surface area contributed by atoms with Gasteiger partial charge in [-0.2, -0.15) is 0 Å². The summed E-state index contributed by atoms with van der Waals surface area (Å²) < 4.78 is 0. The van der Waals surface area contributed by atoms with Crippen LogP contribution >= 0.6 is 0 Å². The van der Waals surface area contributed by atoms with Gasteiger partial charge in [-0.1, -0.05) is 0 Å². The van der Waals surface area contributed by atoms with Gasteiger partial charge in [0, 0.05) is 13.1 Å². The Morgan fingerprint density at radius 3 is 3.00 bits per heavy atom. The van der Waals surface area contributed by atoms with E-state index in [2.05, 4.69) is 5.32 Å². The van der Waals surface area contributed by atoms with Gasteiger partial charge in [0.25, 0.3) is 0 Å². The van der Waals surface area contributed by atoms with Crippen molar-refractivity contribution in [3.63, 3.8) is 0 Å². The maximum atomic E-state index is 11.5. The van der Waals surface area contributed by atoms with Crippen molar-refractivity contribution in [1.29, 1.82) is 0 Å². The molecule has 2 heterocycles. The third-order valence-corrected chi connectivity index (χ3v) is 2.73. The number of carboxylic acid groups (broad SMARTS) is 1. The highest BCUT2D eigenvalue weighted by Crippen LogP contribution is 2.25. The molecule has 2 atom stereocenters. The molecule has 2 aliphatic heterocycles. The normalized spacial score (nSPS) is 33.2. The molecule has 13 heavy (non-hydrogen) atoms. The highest BCUT2D eigenvalue weighted by molar-refractivity contribution is 5.93. The third-order valence-electron chi connectivity index (χ3n) is 2.73. The van der Waals surface area contributed by atoms with Crippen molar-refractivity contribution in [3.05, 3.63) is 0 Å². The van der Waals surface area contributed by atoms with Gasteiger partial charge in [-0.05, 0) is 18.9 Å². The summed E-state index contributed by atoms with van der Waals surface area (Å²) in [5.41, 5.74) is 0. The van der Waals surface area contributed by atoms with Crippen molar-refractivity contribution >= 4 is 12.0 Å². The van der Waals surface area contributed by atoms with Gasteiger partial charge in [0.1, 0.15) is 0 Å². The largest absolute Gasteiger partial charge is 0.465 e. The van der Waals surface area contributed by atoms with E-state index < -0.39 is 6.09 Å². The topological polar surface area (TPSA) is 69.6 Å². The lowest BCUT2D eigenvalue weighted by molar-refractivity contribution is -0.138. The average Bonchev–Trinajstić information content (AvgIpc) is 2.12. The first-order valence-electron chi connectivity index (χ1n) is 4.43. The number of piperidine rings is 2. The second-order valence-electron chi connectivity index (χ2n) is 3.69. The lowest BCUT2D eigenvalue weighted by atomic mass is 9.85. The molecule has 72 valence electrons. The zero-order valence-electron chi connectivity index (χ0n) is 7.19. The highest BCUT2D eigenvalue weighted by Gasteiger charge is 2.39. The van der Waals surface area contributed by atoms with Gasteiger partial charge in [-0.25, -0.2) is 9.69 Å². The molecule has 2 rings (SSSR count). The zero-order valence-corrected chi connectivity index (χ0v) is 7.19. The van der Waals surface area contributed by atoms with Gasteiger partial charge in [-0.3, -0.25) is 4.79 Å². The van der Waals surface area contributed by atoms with Crippen LogP contribution in [0.3, 0.4) is 0 Å². The van der Waals surface area contributed by atoms with Gasteiger partial charge in [0.15, 0.2) is 0 Å². The molecule has 0 spiro atoms. The van der Waals surface area contributed by atoms with Crippen LogP contribution in [-0.4, -0.2) is 41.6 Å². The number of amides is 2. The summed E-state index contributed by atoms with van der Waals surface area (Å²) in [4.78, 5) is 23.1. The van der Waals surface area contributed by atoms with Crippen LogP contribution in [0.25, 0.3) is 0 Å². The van der Waals surface area contributed by atoms with Gasteiger partial charge in [0.2, 0.25) is 5.91 Å². The van der Waals surface area contributed by atoms with Crippen LogP contribution in [0.1, 0.15) is 6.42 Å². The number of imide groups is 1. The SMILES string of the molecule is O=C(O)N1CC2CNCC(C2)C1=O. The number of hydrogen-bond donors (Lipinski definition) is 2. The van der Waals surface area contributed by atoms with Gasteiger partial charge in [0.05, 0.1) is 5.92 Å². The monoisotopic (exact) mass is 184 g/mol. The molecule has 2 saturated heterocycles. The van der Waals surface area contributed by atoms with Crippen LogP contribution in [0.4, 0.5) is 4.79 Å². The van der Waals surface area contributed by atoms with E-state index >= 15 is 0 Å². The predicted octanol–water partition coefficient (Wildman–Crippen LogP) is -0.268. The number of fused-ring (bicyclic) bond motifs is 2. The molecule has 0 aliphatic carbocycles. The van der Waals surface area contributed by atoms with Crippen LogP contribution in [0, 0.1) is 11.8 Å². The fourth-order valence-electron chi connectivity index (χ4n) is 2.10. The van der Waals surface area contributed by atoms with Crippen LogP contribution in [-0.2, 0) is 4.79 Å². The molecule has 0 aromatic heterocycles. The van der Waals surface area contributed by atoms with Crippen LogP contribution in [0.15, 0.2) is 0 Å². The predicted molar refractivity (Wildman–Crippen MR) is 44.2 cm³/mol. The quantitative estimate of drug-likeness (QED) is 0.544. The van der Waals surface area contributed by atoms with Crippen molar-refractivity contribution in [3.8, 4) is 0 Å². The molecule has 2 fully saturated rings. The smallest absolute Gasteiger partial charge is 0.414 e. The van der Waals surface area contributed by atoms with Crippen molar-refractivity contribution in [2.45, 2.75) is 6.42 Å². The lowest BCUT2D eigenvalue weighted by Crippen LogP contribution is -2.55. The molecule has 0 radical (unpaired) electrons. The second kappa shape index (κ2) is 2.99. The Morgan fingerprint density at radius 1 is 1.54 bits per heavy atom. The summed E-state index contributed by atoms with van der Waals surface area (Å²) >= 11 is 0. The van der Waals surface area contributed by atoms with Crippen molar-refractivity contribution in [2.24, 2.45) is 11.8 Å². The summed E-state index contributed by atoms with van der Waals surface area (Å²) in [7, 11) is 0. The molecule has 2 aliphatic rings. The van der Waals surface area contributed by atoms with Gasteiger partial charge >= 0.3 is 6.09 Å². The number of nitrogens with one attached hydrogen (secondary N) is 1. The summed E-state index contributed by atoms with van der Waals surface area (Å²) in [6.45, 7) is 1.81. The Morgan fingerprint density at radius 2 is 2.31 bits per heavy atom. The van der Waals surface area contributed by atoms with E-state index in [0.717, 1.165) is 17.9 Å². The Kier molecular flexibility index (Phi) is 1.95. The first-order chi connectivity index (χ1) is 6.18. The highest BCUT2D eigenvalue weighted by atomic mass is 16.4. The summed E-state index contributed by atoms with van der Waals surface area (Å²) in [6.07, 6.45) is -0.267. The second-order valence-corrected chi connectivity index (χ2v) is 3.69. The van der Waals surface area contributed by atoms with Gasteiger partial charge < -0.3 is 10.4 Å². The Balaban J connectivity index is 2.15. The molecule has 2 amide bonds. The van der Waals surface area contributed by atoms with Gasteiger partial charge in [-0.15, -0.1) is 0 Å². The molecule has 0 saturated carbocycles. The molecule has 0 aromatic rings. The standard InChI is InChI=1S/C8H12N2O3/c11-7-6-1-5(2-9-3-6)4-10(7)8(12)13/h5-6,9H,1-4H2,(H,12,13). The Hall–Kier alpha value is -1.10. The van der Waals surface area contributed by atoms with E-state index in [0.29, 0.717) is 19.0 Å². The fraction of sp³-hybridized carbons (Fsp3) is 0.750. The fourth-order valence-corrected chi connectivity index (χ4v) is 2.10. The minimum atomic E-state index is -1.11. The van der Waals surface area contributed by atoms with E-state index in [-0.39, 0.29) is 11.8 Å². The van der Waals surface area contributed by atoms with Crippen molar-refractivity contribution < 1.29 is 14.7 Å². The van der Waals surface area contributed by atoms with Crippen molar-refractivity contribution in [1.82, 2.24) is 10.2 Å². The summed E-state index contributed by atoms with van der Waals surface area (Å²) in [5.74, 6) is -0.0490. The van der Waals surface area contributed by atoms with E-state index in [1.54, 1.807) is 0 Å². The summed E-state index contributed by atoms with van der Waals surface area (Å²) in [5, 5.41) is 11.9. The van der Waals surface area contributed by atoms with E-state index in [9.17, 15) is 9.59 Å². The maximum Gasteiger partial charge on any atom is 0.414 e. The number of hydrogen-bond acceptors (Lipinski definition) is 3. The number of carbonyl (C=O) groups excluding carboxylic acids is 1. The number of likely N-dealkylation sites (tertiary alicyclic amines) is 1. The first kappa shape index (κ1) is 8.50. The minimum absolute atomic E-state index is 0.122. The molecule has 2 N–H and O–H groups in total. The number of nitrogens with zero attached hydrogens (tertiary/aromatic N) is 1. The lowest BCUT2D eigenvalue weighted by Gasteiger charge is -2.38. The van der Waals surface area contributed by atoms with E-state index in [1.165, 1.54) is 0 Å². The number of carbonyl (C=O) groups is 2. The summed E-state index contributed by atoms with van der Waals surface area (Å²) in [6, 6.07) is 0. The molecule has 0 aromatic carbocycles. The maximum absolute atomic E-state index is 11.5. The van der Waals surface area contributed by atoms with Crippen LogP contribution in [0.5, 0.6) is 0 Å². The Labute approximate surface area is 75.7 Å². The molecule has 5 nitrogen and oxygen atoms in total. The van der Waals surface area contributed by atoms with Crippen LogP contribution < -0.4 is 5.32 Å². The zero-order chi connectivity index (χ0) is 9.42. The molecular formula is C8H12N2O3. The van der Waals surface area contributed by atoms with Crippen molar-refractivity contribution in [2.75, 3.05) is 19.6 Å². The molecule has 2 bridgehead atoms. The number of rotatable bonds is 0. The molecule has 5 heteroatoms. The molecular weight excluding hydrogens is 172 g/mol.